The SMILES string of the molecule is C=C(C)C(=O)OC12CC3CC(C1)CC(C(=O)OC(C(F)(F)F)C(F)(F)S(=O)(=O)OS(c1ccccc1)(c1ccccc1)c1ccccc1)(C3)C2. The van der Waals surface area contributed by atoms with Gasteiger partial charge in [-0.05, 0) is 97.6 Å². The lowest BCUT2D eigenvalue weighted by atomic mass is 9.48. The number of hydrogen-bond acceptors (Lipinski definition) is 7. The third-order valence-electron chi connectivity index (χ3n) is 9.68. The van der Waals surface area contributed by atoms with Crippen LogP contribution in [0.15, 0.2) is 118 Å². The molecule has 3 atom stereocenters. The third-order valence-corrected chi connectivity index (χ3v) is 14.9. The van der Waals surface area contributed by atoms with Crippen LogP contribution in [0.2, 0.25) is 0 Å². The van der Waals surface area contributed by atoms with Gasteiger partial charge in [-0.3, -0.25) is 4.79 Å². The molecular formula is C36H35F5O7S2. The molecular weight excluding hydrogens is 704 g/mol. The Bertz CT molecular complexity index is 1760. The molecule has 7 rings (SSSR count). The number of hydrogen-bond donors (Lipinski definition) is 0. The minimum Gasteiger partial charge on any atom is -0.456 e. The molecule has 4 bridgehead atoms. The van der Waals surface area contributed by atoms with E-state index in [1.54, 1.807) is 18.2 Å². The fraction of sp³-hybridized carbons (Fsp3) is 0.389. The van der Waals surface area contributed by atoms with Gasteiger partial charge in [0.2, 0.25) is 0 Å². The molecule has 0 saturated heterocycles. The van der Waals surface area contributed by atoms with Crippen LogP contribution in [0.5, 0.6) is 0 Å². The Kier molecular flexibility index (Phi) is 9.22. The largest absolute Gasteiger partial charge is 0.456 e. The van der Waals surface area contributed by atoms with Crippen molar-refractivity contribution in [2.24, 2.45) is 17.3 Å². The average Bonchev–Trinajstić information content (AvgIpc) is 3.05. The van der Waals surface area contributed by atoms with Gasteiger partial charge in [0.25, 0.3) is 6.10 Å². The molecule has 50 heavy (non-hydrogen) atoms. The van der Waals surface area contributed by atoms with Crippen LogP contribution in [-0.2, 0) is 32.8 Å². The zero-order valence-electron chi connectivity index (χ0n) is 26.9. The van der Waals surface area contributed by atoms with E-state index in [9.17, 15) is 31.2 Å². The molecule has 0 radical (unpaired) electrons. The predicted molar refractivity (Wildman–Crippen MR) is 173 cm³/mol. The Labute approximate surface area is 288 Å². The maximum Gasteiger partial charge on any atom is 0.432 e. The zero-order valence-corrected chi connectivity index (χ0v) is 28.5. The quantitative estimate of drug-likeness (QED) is 0.110. The summed E-state index contributed by atoms with van der Waals surface area (Å²) in [5.41, 5.74) is -2.83. The first-order valence-corrected chi connectivity index (χ1v) is 18.9. The Morgan fingerprint density at radius 2 is 1.22 bits per heavy atom. The van der Waals surface area contributed by atoms with Crippen molar-refractivity contribution in [3.8, 4) is 0 Å². The molecule has 0 heterocycles. The number of alkyl halides is 5. The second kappa shape index (κ2) is 12.8. The van der Waals surface area contributed by atoms with Gasteiger partial charge in [0.15, 0.2) is 0 Å². The molecule has 0 aromatic heterocycles. The van der Waals surface area contributed by atoms with Crippen molar-refractivity contribution < 1.29 is 53.1 Å². The van der Waals surface area contributed by atoms with E-state index < -0.39 is 60.9 Å². The molecule has 3 aromatic carbocycles. The summed E-state index contributed by atoms with van der Waals surface area (Å²) in [5.74, 6) is -2.84. The molecule has 4 saturated carbocycles. The second-order valence-corrected chi connectivity index (χ2v) is 18.0. The fourth-order valence-electron chi connectivity index (χ4n) is 8.05. The number of halogens is 5. The van der Waals surface area contributed by atoms with E-state index in [0.717, 1.165) is 0 Å². The standard InChI is InChI=1S/C36H35F5O7S2/c1-24(2)30(42)47-34-21-25-18-26(22-34)20-33(19-25,23-34)32(43)46-31(35(37,38)39)36(40,41)50(44,45)48-49(27-12-6-3-7-13-27,28-14-8-4-9-15-28)29-16-10-5-11-17-29/h3-17,25-26,31H,1,18-23H2,2H3. The van der Waals surface area contributed by atoms with E-state index in [0.29, 0.717) is 19.3 Å². The van der Waals surface area contributed by atoms with Gasteiger partial charge in [0.1, 0.15) is 5.60 Å². The Hall–Kier alpha value is -3.75. The Morgan fingerprint density at radius 1 is 0.780 bits per heavy atom. The number of esters is 2. The number of ether oxygens (including phenoxy) is 2. The Balaban J connectivity index is 1.39. The van der Waals surface area contributed by atoms with Crippen LogP contribution in [0.1, 0.15) is 45.4 Å². The summed E-state index contributed by atoms with van der Waals surface area (Å²) in [6.45, 7) is 4.99. The lowest BCUT2D eigenvalue weighted by Crippen LogP contribution is -2.61. The molecule has 0 aliphatic heterocycles. The maximum absolute atomic E-state index is 16.3. The minimum absolute atomic E-state index is 0.0252. The highest BCUT2D eigenvalue weighted by atomic mass is 32.3. The average molecular weight is 739 g/mol. The highest BCUT2D eigenvalue weighted by molar-refractivity contribution is 8.33. The van der Waals surface area contributed by atoms with Gasteiger partial charge in [0.05, 0.1) is 5.41 Å². The van der Waals surface area contributed by atoms with Gasteiger partial charge in [-0.15, -0.1) is 0 Å². The maximum atomic E-state index is 16.3. The summed E-state index contributed by atoms with van der Waals surface area (Å²) in [5, 5.41) is -5.80. The smallest absolute Gasteiger partial charge is 0.432 e. The molecule has 0 spiro atoms. The van der Waals surface area contributed by atoms with E-state index in [2.05, 4.69) is 11.3 Å². The predicted octanol–water partition coefficient (Wildman–Crippen LogP) is 8.75. The molecule has 7 nitrogen and oxygen atoms in total. The molecule has 4 aliphatic carbocycles. The second-order valence-electron chi connectivity index (χ2n) is 13.5. The van der Waals surface area contributed by atoms with Gasteiger partial charge in [-0.2, -0.15) is 30.4 Å². The van der Waals surface area contributed by atoms with Gasteiger partial charge in [-0.1, -0.05) is 61.2 Å². The molecule has 0 N–H and O–H groups in total. The topological polar surface area (TPSA) is 96.0 Å². The first-order valence-electron chi connectivity index (χ1n) is 15.9. The summed E-state index contributed by atoms with van der Waals surface area (Å²) in [7, 11) is -10.2. The van der Waals surface area contributed by atoms with Crippen molar-refractivity contribution >= 4 is 32.4 Å². The summed E-state index contributed by atoms with van der Waals surface area (Å²) in [6.07, 6.45) is -9.32. The van der Waals surface area contributed by atoms with Crippen molar-refractivity contribution in [2.75, 3.05) is 0 Å². The van der Waals surface area contributed by atoms with Crippen molar-refractivity contribution in [3.05, 3.63) is 103 Å². The van der Waals surface area contributed by atoms with Crippen LogP contribution in [-0.4, -0.2) is 43.5 Å². The normalized spacial score (nSPS) is 25.8. The van der Waals surface area contributed by atoms with E-state index in [4.69, 9.17) is 8.37 Å². The molecule has 0 amide bonds. The van der Waals surface area contributed by atoms with Gasteiger partial charge < -0.3 is 9.47 Å². The van der Waals surface area contributed by atoms with Crippen molar-refractivity contribution in [1.82, 2.24) is 0 Å². The van der Waals surface area contributed by atoms with Gasteiger partial charge in [0, 0.05) is 26.7 Å². The van der Waals surface area contributed by atoms with Gasteiger partial charge >= 0.3 is 33.5 Å². The summed E-state index contributed by atoms with van der Waals surface area (Å²) in [4.78, 5) is 26.6. The lowest BCUT2D eigenvalue weighted by molar-refractivity contribution is -0.269. The lowest BCUT2D eigenvalue weighted by Gasteiger charge is -2.59. The first-order chi connectivity index (χ1) is 23.4. The van der Waals surface area contributed by atoms with Crippen LogP contribution < -0.4 is 0 Å². The van der Waals surface area contributed by atoms with E-state index in [1.165, 1.54) is 79.7 Å². The van der Waals surface area contributed by atoms with Crippen LogP contribution in [0, 0.1) is 17.3 Å². The summed E-state index contributed by atoms with van der Waals surface area (Å²) in [6, 6.07) is 22.5. The summed E-state index contributed by atoms with van der Waals surface area (Å²) < 4.78 is 120. The number of benzene rings is 3. The highest BCUT2D eigenvalue weighted by Gasteiger charge is 2.70. The molecule has 4 fully saturated rings. The minimum atomic E-state index is -6.56. The molecule has 3 aromatic rings. The van der Waals surface area contributed by atoms with E-state index >= 15 is 8.78 Å². The number of carbonyl (C=O) groups is 2. The molecule has 268 valence electrons. The van der Waals surface area contributed by atoms with Crippen LogP contribution >= 0.6 is 10.3 Å². The highest BCUT2D eigenvalue weighted by Crippen LogP contribution is 2.71. The zero-order chi connectivity index (χ0) is 36.2. The van der Waals surface area contributed by atoms with E-state index in [-0.39, 0.29) is 51.4 Å². The van der Waals surface area contributed by atoms with E-state index in [1.807, 2.05) is 0 Å². The van der Waals surface area contributed by atoms with Crippen molar-refractivity contribution in [2.45, 2.75) is 83.3 Å². The number of rotatable bonds is 11. The summed E-state index contributed by atoms with van der Waals surface area (Å²) >= 11 is 0. The fourth-order valence-corrected chi connectivity index (χ4v) is 13.3. The first kappa shape index (κ1) is 36.1. The van der Waals surface area contributed by atoms with Crippen LogP contribution in [0.4, 0.5) is 22.0 Å². The number of carbonyl (C=O) groups excluding carboxylic acids is 2. The molecule has 4 aliphatic rings. The van der Waals surface area contributed by atoms with Crippen LogP contribution in [0.25, 0.3) is 0 Å². The monoisotopic (exact) mass is 738 g/mol. The van der Waals surface area contributed by atoms with Crippen molar-refractivity contribution in [3.63, 3.8) is 0 Å². The molecule has 14 heteroatoms. The Morgan fingerprint density at radius 3 is 1.62 bits per heavy atom. The van der Waals surface area contributed by atoms with Crippen LogP contribution in [0.3, 0.4) is 0 Å². The van der Waals surface area contributed by atoms with Crippen molar-refractivity contribution in [1.29, 1.82) is 0 Å². The third kappa shape index (κ3) is 6.34. The molecule has 3 unspecified atom stereocenters. The van der Waals surface area contributed by atoms with Gasteiger partial charge in [-0.25, -0.2) is 8.42 Å².